The van der Waals surface area contributed by atoms with Crippen LogP contribution >= 0.6 is 0 Å². The minimum Gasteiger partial charge on any atom is -0.491 e. The second kappa shape index (κ2) is 22.5. The third-order valence-electron chi connectivity index (χ3n) is 15.9. The maximum Gasteiger partial charge on any atom is 0.421 e. The van der Waals surface area contributed by atoms with E-state index in [9.17, 15) is 20.3 Å². The van der Waals surface area contributed by atoms with Crippen LogP contribution in [0.5, 0.6) is 5.75 Å². The maximum absolute atomic E-state index is 16.9. The molecule has 3 amide bonds. The van der Waals surface area contributed by atoms with E-state index in [0.717, 1.165) is 36.3 Å². The summed E-state index contributed by atoms with van der Waals surface area (Å²) in [6, 6.07) is 39.4. The van der Waals surface area contributed by atoms with E-state index in [2.05, 4.69) is 22.1 Å². The molecule has 6 aromatic carbocycles. The summed E-state index contributed by atoms with van der Waals surface area (Å²) < 4.78 is 24.6. The number of non-ortho nitro benzene ring substituents is 1. The largest absolute Gasteiger partial charge is 0.491 e. The molecule has 1 aliphatic carbocycles. The summed E-state index contributed by atoms with van der Waals surface area (Å²) >= 11 is 0. The van der Waals surface area contributed by atoms with Crippen LogP contribution in [0.1, 0.15) is 90.1 Å². The van der Waals surface area contributed by atoms with Crippen LogP contribution in [0.25, 0.3) is 0 Å². The number of aliphatic hydroxyl groups excluding tert-OH is 1. The first-order chi connectivity index (χ1) is 38.5. The fraction of sp³-hybridized carbons (Fsp3) is 0.323. The number of nitro groups is 1. The van der Waals surface area contributed by atoms with E-state index >= 15 is 19.2 Å². The third kappa shape index (κ3) is 10.1. The van der Waals surface area contributed by atoms with Gasteiger partial charge in [0.1, 0.15) is 42.1 Å². The van der Waals surface area contributed by atoms with Crippen molar-refractivity contribution in [2.75, 3.05) is 54.6 Å². The molecule has 4 fully saturated rings. The van der Waals surface area contributed by atoms with Gasteiger partial charge in [0.15, 0.2) is 0 Å². The number of nitrogens with zero attached hydrogens (tertiary/aromatic N) is 4. The zero-order valence-corrected chi connectivity index (χ0v) is 43.3. The molecule has 0 unspecified atom stereocenters. The van der Waals surface area contributed by atoms with Crippen LogP contribution in [0.2, 0.25) is 0 Å². The summed E-state index contributed by atoms with van der Waals surface area (Å²) in [5.41, 5.74) is 0.218. The number of anilines is 3. The second-order valence-electron chi connectivity index (χ2n) is 20.6. The van der Waals surface area contributed by atoms with Crippen molar-refractivity contribution in [2.24, 2.45) is 5.92 Å². The van der Waals surface area contributed by atoms with E-state index in [4.69, 9.17) is 18.9 Å². The Labute approximate surface area is 456 Å². The van der Waals surface area contributed by atoms with Gasteiger partial charge in [-0.05, 0) is 109 Å². The monoisotopic (exact) mass is 1070 g/mol. The summed E-state index contributed by atoms with van der Waals surface area (Å²) in [5, 5.41) is 36.7. The minimum atomic E-state index is -2.24. The number of cyclic esters (lactones) is 1. The molecule has 3 saturated heterocycles. The minimum absolute atomic E-state index is 0.0490. The van der Waals surface area contributed by atoms with E-state index in [1.165, 1.54) is 24.3 Å². The van der Waals surface area contributed by atoms with Crippen molar-refractivity contribution in [2.45, 2.75) is 80.4 Å². The van der Waals surface area contributed by atoms with Crippen LogP contribution in [0.3, 0.4) is 0 Å². The van der Waals surface area contributed by atoms with Crippen LogP contribution in [0.15, 0.2) is 152 Å². The molecule has 404 valence electrons. The number of hydrogen-bond acceptors (Lipinski definition) is 14. The molecule has 11 rings (SSSR count). The molecule has 5 aliphatic rings. The smallest absolute Gasteiger partial charge is 0.421 e. The number of morpholine rings is 2. The van der Waals surface area contributed by atoms with Crippen LogP contribution < -0.4 is 19.9 Å². The fourth-order valence-corrected chi connectivity index (χ4v) is 12.3. The number of imide groups is 1. The van der Waals surface area contributed by atoms with Gasteiger partial charge in [0, 0.05) is 47.7 Å². The first kappa shape index (κ1) is 52.6. The summed E-state index contributed by atoms with van der Waals surface area (Å²) in [6.07, 6.45) is 2.30. The summed E-state index contributed by atoms with van der Waals surface area (Å²) in [5.74, 6) is 2.47. The van der Waals surface area contributed by atoms with Crippen LogP contribution in [0.4, 0.5) is 27.5 Å². The SMILES string of the molecule is O=C1O[C@H](c2ccccc2)[C@H](c2ccccc2)N2[C@H]1[C@@H](C(=O)Nc1ccc(N3CCOCC3)cc1)[C@]1(C(=O)N(C(=O)OCc3ccc([N+](=O)[O-])cc3)c3ccc(C#CC4(O)CCCCCC4)cc31)[C@H]2c1ccccc1OCCO. The molecule has 17 nitrogen and oxygen atoms in total. The number of carbonyl (C=O) groups excluding carboxylic acids is 4. The van der Waals surface area contributed by atoms with Crippen molar-refractivity contribution >= 4 is 46.6 Å². The molecule has 4 heterocycles. The zero-order valence-electron chi connectivity index (χ0n) is 43.3. The van der Waals surface area contributed by atoms with E-state index < -0.39 is 76.6 Å². The van der Waals surface area contributed by atoms with Gasteiger partial charge in [-0.2, -0.15) is 0 Å². The van der Waals surface area contributed by atoms with Gasteiger partial charge in [0.2, 0.25) is 11.8 Å². The number of benzene rings is 6. The van der Waals surface area contributed by atoms with Crippen molar-refractivity contribution in [3.8, 4) is 17.6 Å². The number of aliphatic hydroxyl groups is 2. The second-order valence-corrected chi connectivity index (χ2v) is 20.6. The molecule has 6 aromatic rings. The van der Waals surface area contributed by atoms with Crippen molar-refractivity contribution in [1.29, 1.82) is 0 Å². The lowest BCUT2D eigenvalue weighted by atomic mass is 9.65. The highest BCUT2D eigenvalue weighted by atomic mass is 16.6. The van der Waals surface area contributed by atoms with E-state index in [1.807, 2.05) is 77.7 Å². The number of carbonyl (C=O) groups is 4. The van der Waals surface area contributed by atoms with E-state index in [0.29, 0.717) is 72.6 Å². The van der Waals surface area contributed by atoms with E-state index in [1.54, 1.807) is 54.6 Å². The molecule has 1 spiro atoms. The Balaban J connectivity index is 1.16. The number of hydrogen-bond donors (Lipinski definition) is 3. The lowest BCUT2D eigenvalue weighted by molar-refractivity contribution is -0.384. The molecular formula is C62H59N5O12. The van der Waals surface area contributed by atoms with Crippen molar-refractivity contribution in [1.82, 2.24) is 4.90 Å². The van der Waals surface area contributed by atoms with Gasteiger partial charge in [-0.25, -0.2) is 9.69 Å². The number of nitrogens with one attached hydrogen (secondary N) is 1. The summed E-state index contributed by atoms with van der Waals surface area (Å²) in [7, 11) is 0. The van der Waals surface area contributed by atoms with Gasteiger partial charge in [-0.3, -0.25) is 29.4 Å². The lowest BCUT2D eigenvalue weighted by Crippen LogP contribution is -2.54. The summed E-state index contributed by atoms with van der Waals surface area (Å²) in [4.78, 5) is 80.0. The molecule has 6 atom stereocenters. The zero-order chi connectivity index (χ0) is 54.7. The molecule has 3 N–H and O–H groups in total. The Kier molecular flexibility index (Phi) is 15.0. The van der Waals surface area contributed by atoms with Crippen LogP contribution in [-0.4, -0.2) is 95.1 Å². The normalized spacial score (nSPS) is 23.3. The average molecular weight is 1070 g/mol. The molecule has 0 aromatic heterocycles. The molecule has 17 heteroatoms. The van der Waals surface area contributed by atoms with Gasteiger partial charge in [0.25, 0.3) is 5.69 Å². The van der Waals surface area contributed by atoms with Gasteiger partial charge >= 0.3 is 12.1 Å². The molecule has 0 bridgehead atoms. The number of nitro benzene ring substituents is 1. The molecular weight excluding hydrogens is 1010 g/mol. The van der Waals surface area contributed by atoms with Gasteiger partial charge in [0.05, 0.1) is 48.4 Å². The molecule has 0 radical (unpaired) electrons. The highest BCUT2D eigenvalue weighted by molar-refractivity contribution is 6.24. The standard InChI is InChI=1S/C62H59N5O12/c68-35-38-77-51-18-10-9-17-48(51)56-62(49-39-41(29-32-61(73)30-11-1-2-12-31-61)21-28-50(49)65(59(62)71)60(72)78-40-42-19-24-47(25-20-42)67(74)75)52(57(69)63-45-22-26-46(27-23-45)64-33-36-76-37-34-64)54-58(70)79-55(44-15-7-4-8-16-44)53(66(54)56)43-13-5-3-6-14-43/h3-10,13-28,39,52-56,68,73H,1-2,11-12,30-31,33-38,40H2,(H,63,69)/t52-,53-,54-,55+,56+,62-/m0/s1. The first-order valence-electron chi connectivity index (χ1n) is 26.8. The number of fused-ring (bicyclic) bond motifs is 3. The van der Waals surface area contributed by atoms with Crippen LogP contribution in [0, 0.1) is 27.9 Å². The van der Waals surface area contributed by atoms with Gasteiger partial charge in [-0.1, -0.05) is 104 Å². The predicted molar refractivity (Wildman–Crippen MR) is 292 cm³/mol. The first-order valence-corrected chi connectivity index (χ1v) is 26.8. The average Bonchev–Trinajstić information content (AvgIpc) is 2.91. The number of esters is 1. The molecule has 79 heavy (non-hydrogen) atoms. The maximum atomic E-state index is 16.9. The molecule has 1 saturated carbocycles. The van der Waals surface area contributed by atoms with Crippen molar-refractivity contribution in [3.63, 3.8) is 0 Å². The highest BCUT2D eigenvalue weighted by Crippen LogP contribution is 2.67. The van der Waals surface area contributed by atoms with Gasteiger partial charge in [-0.15, -0.1) is 0 Å². The topological polar surface area (TPSA) is 211 Å². The molecule has 4 aliphatic heterocycles. The summed E-state index contributed by atoms with van der Waals surface area (Å²) in [6.45, 7) is 1.55. The number of para-hydroxylation sites is 1. The number of rotatable bonds is 12. The third-order valence-corrected chi connectivity index (χ3v) is 15.9. The number of amides is 3. The Hall–Kier alpha value is -8.40. The Morgan fingerprint density at radius 2 is 1.47 bits per heavy atom. The van der Waals surface area contributed by atoms with Crippen LogP contribution in [-0.2, 0) is 40.6 Å². The van der Waals surface area contributed by atoms with Crippen molar-refractivity contribution < 1.29 is 53.3 Å². The quantitative estimate of drug-likeness (QED) is 0.0344. The Bertz CT molecular complexity index is 3300. The Morgan fingerprint density at radius 1 is 0.797 bits per heavy atom. The predicted octanol–water partition coefficient (Wildman–Crippen LogP) is 8.88. The Morgan fingerprint density at radius 3 is 2.15 bits per heavy atom. The highest BCUT2D eigenvalue weighted by Gasteiger charge is 2.76. The van der Waals surface area contributed by atoms with Gasteiger partial charge < -0.3 is 39.4 Å². The van der Waals surface area contributed by atoms with Crippen molar-refractivity contribution in [3.05, 3.63) is 195 Å². The van der Waals surface area contributed by atoms with E-state index in [-0.39, 0.29) is 35.9 Å². The fourth-order valence-electron chi connectivity index (χ4n) is 12.3. The number of ether oxygens (including phenoxy) is 4. The lowest BCUT2D eigenvalue weighted by Gasteiger charge is -2.46.